The summed E-state index contributed by atoms with van der Waals surface area (Å²) in [6, 6.07) is 5.40. The van der Waals surface area contributed by atoms with Crippen LogP contribution in [0.3, 0.4) is 0 Å². The highest BCUT2D eigenvalue weighted by atomic mass is 16.5. The van der Waals surface area contributed by atoms with Crippen molar-refractivity contribution in [3.05, 3.63) is 23.8 Å². The Morgan fingerprint density at radius 2 is 2.33 bits per heavy atom. The van der Waals surface area contributed by atoms with Crippen LogP contribution in [0.5, 0.6) is 0 Å². The van der Waals surface area contributed by atoms with Gasteiger partial charge in [0.2, 0.25) is 0 Å². The summed E-state index contributed by atoms with van der Waals surface area (Å²) >= 11 is 0. The van der Waals surface area contributed by atoms with E-state index in [4.69, 9.17) is 16.2 Å². The van der Waals surface area contributed by atoms with E-state index in [1.54, 1.807) is 13.2 Å². The molecule has 2 rings (SSSR count). The predicted octanol–water partition coefficient (Wildman–Crippen LogP) is 0.840. The number of amides is 1. The number of methoxy groups -OCH3 is 1. The Bertz CT molecular complexity index is 448. The summed E-state index contributed by atoms with van der Waals surface area (Å²) in [6.45, 7) is 2.59. The van der Waals surface area contributed by atoms with E-state index >= 15 is 0 Å². The monoisotopic (exact) mass is 249 g/mol. The number of carbonyl (C=O) groups is 1. The Morgan fingerprint density at radius 1 is 1.56 bits per heavy atom. The lowest BCUT2D eigenvalue weighted by Crippen LogP contribution is -2.23. The zero-order valence-electron chi connectivity index (χ0n) is 10.6. The number of primary amides is 1. The van der Waals surface area contributed by atoms with Gasteiger partial charge in [-0.05, 0) is 18.6 Å². The van der Waals surface area contributed by atoms with Gasteiger partial charge >= 0.3 is 0 Å². The Kier molecular flexibility index (Phi) is 3.72. The van der Waals surface area contributed by atoms with Gasteiger partial charge < -0.3 is 21.1 Å². The largest absolute Gasteiger partial charge is 0.396 e. The topological polar surface area (TPSA) is 81.6 Å². The molecule has 1 unspecified atom stereocenters. The maximum atomic E-state index is 11.3. The van der Waals surface area contributed by atoms with Gasteiger partial charge in [-0.25, -0.2) is 0 Å². The van der Waals surface area contributed by atoms with Crippen LogP contribution >= 0.6 is 0 Å². The highest BCUT2D eigenvalue weighted by Crippen LogP contribution is 2.30. The summed E-state index contributed by atoms with van der Waals surface area (Å²) in [5, 5.41) is 0. The van der Waals surface area contributed by atoms with E-state index in [0.29, 0.717) is 17.2 Å². The first-order valence-corrected chi connectivity index (χ1v) is 6.05. The van der Waals surface area contributed by atoms with Gasteiger partial charge in [-0.2, -0.15) is 0 Å². The molecule has 1 saturated heterocycles. The molecule has 1 heterocycles. The molecule has 98 valence electrons. The summed E-state index contributed by atoms with van der Waals surface area (Å²) in [5.74, 6) is 0.0358. The molecule has 1 atom stereocenters. The number of para-hydroxylation sites is 1. The molecule has 0 spiro atoms. The van der Waals surface area contributed by atoms with Crippen LogP contribution in [0.4, 0.5) is 11.4 Å². The number of nitrogen functional groups attached to an aromatic ring is 1. The number of ether oxygens (including phenoxy) is 1. The molecule has 0 bridgehead atoms. The average Bonchev–Trinajstić information content (AvgIpc) is 2.78. The summed E-state index contributed by atoms with van der Waals surface area (Å²) < 4.78 is 5.17. The highest BCUT2D eigenvalue weighted by molar-refractivity contribution is 6.00. The van der Waals surface area contributed by atoms with Gasteiger partial charge in [-0.15, -0.1) is 0 Å². The van der Waals surface area contributed by atoms with E-state index < -0.39 is 5.91 Å². The number of benzene rings is 1. The molecule has 0 saturated carbocycles. The van der Waals surface area contributed by atoms with Crippen molar-refractivity contribution in [1.29, 1.82) is 0 Å². The van der Waals surface area contributed by atoms with Crippen molar-refractivity contribution in [3.8, 4) is 0 Å². The van der Waals surface area contributed by atoms with Gasteiger partial charge in [0.15, 0.2) is 0 Å². The predicted molar refractivity (Wildman–Crippen MR) is 71.6 cm³/mol. The van der Waals surface area contributed by atoms with E-state index in [0.717, 1.165) is 31.8 Å². The van der Waals surface area contributed by atoms with Crippen LogP contribution in [-0.4, -0.2) is 32.7 Å². The maximum Gasteiger partial charge on any atom is 0.250 e. The van der Waals surface area contributed by atoms with E-state index in [1.807, 2.05) is 12.1 Å². The van der Waals surface area contributed by atoms with Crippen LogP contribution in [-0.2, 0) is 4.74 Å². The molecule has 18 heavy (non-hydrogen) atoms. The fraction of sp³-hybridized carbons (Fsp3) is 0.462. The number of hydrogen-bond donors (Lipinski definition) is 2. The Hall–Kier alpha value is -1.75. The second kappa shape index (κ2) is 5.27. The second-order valence-corrected chi connectivity index (χ2v) is 4.66. The first-order valence-electron chi connectivity index (χ1n) is 6.05. The summed E-state index contributed by atoms with van der Waals surface area (Å²) in [6.07, 6.45) is 1.08. The molecule has 1 fully saturated rings. The molecule has 5 nitrogen and oxygen atoms in total. The normalized spacial score (nSPS) is 19.2. The third-order valence-corrected chi connectivity index (χ3v) is 3.38. The minimum absolute atomic E-state index is 0.391. The van der Waals surface area contributed by atoms with E-state index in [9.17, 15) is 4.79 Å². The van der Waals surface area contributed by atoms with Crippen molar-refractivity contribution < 1.29 is 9.53 Å². The standard InChI is InChI=1S/C13H19N3O2/c1-18-8-9-5-6-16(7-9)11-4-2-3-10(12(11)14)13(15)17/h2-4,9H,5-8,14H2,1H3,(H2,15,17). The summed E-state index contributed by atoms with van der Waals surface area (Å²) in [5.41, 5.74) is 13.1. The Labute approximate surface area is 107 Å². The molecule has 1 amide bonds. The van der Waals surface area contributed by atoms with Crippen molar-refractivity contribution in [2.45, 2.75) is 6.42 Å². The number of nitrogens with two attached hydrogens (primary N) is 2. The van der Waals surface area contributed by atoms with Gasteiger partial charge in [0.1, 0.15) is 0 Å². The fourth-order valence-electron chi connectivity index (χ4n) is 2.47. The van der Waals surface area contributed by atoms with Crippen molar-refractivity contribution in [2.24, 2.45) is 11.7 Å². The average molecular weight is 249 g/mol. The third kappa shape index (κ3) is 2.41. The van der Waals surface area contributed by atoms with Crippen molar-refractivity contribution >= 4 is 17.3 Å². The van der Waals surface area contributed by atoms with Gasteiger partial charge in [0, 0.05) is 26.1 Å². The van der Waals surface area contributed by atoms with Crippen molar-refractivity contribution in [1.82, 2.24) is 0 Å². The number of rotatable bonds is 4. The third-order valence-electron chi connectivity index (χ3n) is 3.38. The van der Waals surface area contributed by atoms with Gasteiger partial charge in [-0.3, -0.25) is 4.79 Å². The minimum Gasteiger partial charge on any atom is -0.396 e. The van der Waals surface area contributed by atoms with E-state index in [1.165, 1.54) is 0 Å². The molecule has 0 radical (unpaired) electrons. The summed E-state index contributed by atoms with van der Waals surface area (Å²) in [7, 11) is 1.71. The van der Waals surface area contributed by atoms with Gasteiger partial charge in [-0.1, -0.05) is 6.07 Å². The molecular formula is C13H19N3O2. The zero-order valence-corrected chi connectivity index (χ0v) is 10.6. The molecule has 1 aliphatic heterocycles. The first-order chi connectivity index (χ1) is 8.63. The maximum absolute atomic E-state index is 11.3. The van der Waals surface area contributed by atoms with Crippen molar-refractivity contribution in [2.75, 3.05) is 37.4 Å². The smallest absolute Gasteiger partial charge is 0.250 e. The SMILES string of the molecule is COCC1CCN(c2cccc(C(N)=O)c2N)C1. The lowest BCUT2D eigenvalue weighted by atomic mass is 10.1. The van der Waals surface area contributed by atoms with Crippen LogP contribution in [0.25, 0.3) is 0 Å². The minimum atomic E-state index is -0.484. The highest BCUT2D eigenvalue weighted by Gasteiger charge is 2.24. The Morgan fingerprint density at radius 3 is 3.00 bits per heavy atom. The summed E-state index contributed by atoms with van der Waals surface area (Å²) in [4.78, 5) is 13.4. The number of hydrogen-bond acceptors (Lipinski definition) is 4. The quantitative estimate of drug-likeness (QED) is 0.775. The van der Waals surface area contributed by atoms with Gasteiger partial charge in [0.05, 0.1) is 23.5 Å². The van der Waals surface area contributed by atoms with Crippen LogP contribution in [0.15, 0.2) is 18.2 Å². The zero-order chi connectivity index (χ0) is 13.1. The van der Waals surface area contributed by atoms with Crippen LogP contribution in [0.1, 0.15) is 16.8 Å². The lowest BCUT2D eigenvalue weighted by molar-refractivity contribution is 0.100. The van der Waals surface area contributed by atoms with E-state index in [2.05, 4.69) is 4.90 Å². The lowest BCUT2D eigenvalue weighted by Gasteiger charge is -2.21. The molecule has 1 aromatic carbocycles. The number of nitrogens with zero attached hydrogens (tertiary/aromatic N) is 1. The fourth-order valence-corrected chi connectivity index (χ4v) is 2.47. The molecule has 4 N–H and O–H groups in total. The molecule has 0 aromatic heterocycles. The Balaban J connectivity index is 2.19. The molecule has 0 aliphatic carbocycles. The van der Waals surface area contributed by atoms with Crippen molar-refractivity contribution in [3.63, 3.8) is 0 Å². The second-order valence-electron chi connectivity index (χ2n) is 4.66. The van der Waals surface area contributed by atoms with Crippen LogP contribution < -0.4 is 16.4 Å². The van der Waals surface area contributed by atoms with Crippen LogP contribution in [0, 0.1) is 5.92 Å². The van der Waals surface area contributed by atoms with Gasteiger partial charge in [0.25, 0.3) is 5.91 Å². The molecule has 1 aromatic rings. The molecule has 5 heteroatoms. The molecular weight excluding hydrogens is 230 g/mol. The van der Waals surface area contributed by atoms with Crippen LogP contribution in [0.2, 0.25) is 0 Å². The van der Waals surface area contributed by atoms with E-state index in [-0.39, 0.29) is 0 Å². The molecule has 1 aliphatic rings. The number of carbonyl (C=O) groups excluding carboxylic acids is 1. The number of anilines is 2. The first kappa shape index (κ1) is 12.7.